The highest BCUT2D eigenvalue weighted by atomic mass is 35.5. The van der Waals surface area contributed by atoms with E-state index in [-0.39, 0.29) is 28.4 Å². The number of benzene rings is 1. The second kappa shape index (κ2) is 6.54. The van der Waals surface area contributed by atoms with E-state index in [2.05, 4.69) is 0 Å². The van der Waals surface area contributed by atoms with E-state index < -0.39 is 17.2 Å². The van der Waals surface area contributed by atoms with Gasteiger partial charge >= 0.3 is 0 Å². The average molecular weight is 321 g/mol. The van der Waals surface area contributed by atoms with Crippen molar-refractivity contribution in [3.63, 3.8) is 0 Å². The average Bonchev–Trinajstić information content (AvgIpc) is 2.49. The number of halogens is 3. The van der Waals surface area contributed by atoms with Crippen molar-refractivity contribution < 1.29 is 8.78 Å². The van der Waals surface area contributed by atoms with Gasteiger partial charge in [0, 0.05) is 18.2 Å². The van der Waals surface area contributed by atoms with E-state index in [1.807, 2.05) is 0 Å². The number of pyridine rings is 1. The molecule has 0 aliphatic carbocycles. The summed E-state index contributed by atoms with van der Waals surface area (Å²) in [5.74, 6) is -1.59. The molecular formula is C16H11ClF2N2O. The zero-order chi connectivity index (χ0) is 16.3. The van der Waals surface area contributed by atoms with E-state index in [0.29, 0.717) is 0 Å². The van der Waals surface area contributed by atoms with Crippen LogP contribution in [0.4, 0.5) is 8.78 Å². The first-order valence-corrected chi connectivity index (χ1v) is 6.83. The molecule has 0 spiro atoms. The third-order valence-electron chi connectivity index (χ3n) is 3.13. The van der Waals surface area contributed by atoms with Crippen molar-refractivity contribution in [1.82, 2.24) is 4.57 Å². The van der Waals surface area contributed by atoms with Crippen LogP contribution >= 0.6 is 11.6 Å². The minimum Gasteiger partial charge on any atom is -0.306 e. The topological polar surface area (TPSA) is 45.8 Å². The minimum atomic E-state index is -0.796. The van der Waals surface area contributed by atoms with Crippen LogP contribution in [-0.2, 0) is 6.54 Å². The van der Waals surface area contributed by atoms with E-state index in [0.717, 1.165) is 18.2 Å². The van der Waals surface area contributed by atoms with Crippen molar-refractivity contribution in [2.75, 3.05) is 0 Å². The first-order chi connectivity index (χ1) is 10.5. The van der Waals surface area contributed by atoms with E-state index in [9.17, 15) is 13.6 Å². The van der Waals surface area contributed by atoms with Crippen LogP contribution < -0.4 is 5.56 Å². The zero-order valence-corrected chi connectivity index (χ0v) is 12.4. The molecule has 0 atom stereocenters. The lowest BCUT2D eigenvalue weighted by atomic mass is 10.0. The number of nitrogens with zero attached hydrogens (tertiary/aromatic N) is 2. The number of hydrogen-bond acceptors (Lipinski definition) is 2. The van der Waals surface area contributed by atoms with Crippen LogP contribution in [-0.4, -0.2) is 4.57 Å². The Labute approximate surface area is 130 Å². The molecule has 0 N–H and O–H groups in total. The molecule has 0 radical (unpaired) electrons. The first kappa shape index (κ1) is 15.9. The Morgan fingerprint density at radius 1 is 1.36 bits per heavy atom. The van der Waals surface area contributed by atoms with Crippen molar-refractivity contribution in [2.45, 2.75) is 13.5 Å². The molecule has 0 fully saturated rings. The monoisotopic (exact) mass is 320 g/mol. The summed E-state index contributed by atoms with van der Waals surface area (Å²) in [4.78, 5) is 12.1. The van der Waals surface area contributed by atoms with Crippen LogP contribution in [0.5, 0.6) is 0 Å². The first-order valence-electron chi connectivity index (χ1n) is 6.45. The highest BCUT2D eigenvalue weighted by Gasteiger charge is 2.19. The second-order valence-electron chi connectivity index (χ2n) is 4.40. The van der Waals surface area contributed by atoms with Crippen molar-refractivity contribution >= 4 is 17.7 Å². The third kappa shape index (κ3) is 2.78. The Hall–Kier alpha value is -2.45. The summed E-state index contributed by atoms with van der Waals surface area (Å²) in [6.45, 7) is 1.84. The molecule has 0 aliphatic heterocycles. The normalized spacial score (nSPS) is 10.9. The van der Waals surface area contributed by atoms with Gasteiger partial charge in [0.05, 0.1) is 17.3 Å². The van der Waals surface area contributed by atoms with Crippen molar-refractivity contribution in [3.8, 4) is 17.3 Å². The maximum atomic E-state index is 14.1. The fourth-order valence-corrected chi connectivity index (χ4v) is 2.43. The Bertz CT molecular complexity index is 830. The Balaban J connectivity index is 2.95. The van der Waals surface area contributed by atoms with Gasteiger partial charge in [-0.05, 0) is 31.2 Å². The lowest BCUT2D eigenvalue weighted by molar-refractivity contribution is 0.584. The van der Waals surface area contributed by atoms with Crippen molar-refractivity contribution in [2.24, 2.45) is 0 Å². The van der Waals surface area contributed by atoms with E-state index in [4.69, 9.17) is 16.9 Å². The maximum Gasteiger partial charge on any atom is 0.269 e. The standard InChI is InChI=1S/C16H11ClF2N2O/c1-2-21-15(14-12(18)6-3-7-13(14)19)10(5-4-8-20)9-11(17)16(21)22/h3-7,9H,2H2,1H3/b5-4+. The molecular weight excluding hydrogens is 310 g/mol. The highest BCUT2D eigenvalue weighted by molar-refractivity contribution is 6.30. The summed E-state index contributed by atoms with van der Waals surface area (Å²) in [6.07, 6.45) is 2.51. The number of hydrogen-bond donors (Lipinski definition) is 0. The van der Waals surface area contributed by atoms with Crippen LogP contribution in [0.2, 0.25) is 5.02 Å². The van der Waals surface area contributed by atoms with Gasteiger partial charge in [-0.1, -0.05) is 17.7 Å². The summed E-state index contributed by atoms with van der Waals surface area (Å²) in [5, 5.41) is 8.58. The molecule has 0 aliphatic rings. The van der Waals surface area contributed by atoms with Gasteiger partial charge in [-0.2, -0.15) is 5.26 Å². The molecule has 1 aromatic carbocycles. The molecule has 6 heteroatoms. The quantitative estimate of drug-likeness (QED) is 0.802. The highest BCUT2D eigenvalue weighted by Crippen LogP contribution is 2.30. The largest absolute Gasteiger partial charge is 0.306 e. The summed E-state index contributed by atoms with van der Waals surface area (Å²) in [6, 6.07) is 6.55. The van der Waals surface area contributed by atoms with Crippen LogP contribution in [0, 0.1) is 23.0 Å². The predicted molar refractivity (Wildman–Crippen MR) is 81.4 cm³/mol. The molecule has 2 rings (SSSR count). The minimum absolute atomic E-state index is 0.0546. The van der Waals surface area contributed by atoms with E-state index >= 15 is 0 Å². The van der Waals surface area contributed by atoms with Crippen LogP contribution in [0.3, 0.4) is 0 Å². The SMILES string of the molecule is CCn1c(-c2c(F)cccc2F)c(/C=C/C#N)cc(Cl)c1=O. The Morgan fingerprint density at radius 3 is 2.55 bits per heavy atom. The van der Waals surface area contributed by atoms with Crippen molar-refractivity contribution in [3.05, 3.63) is 62.9 Å². The maximum absolute atomic E-state index is 14.1. The molecule has 22 heavy (non-hydrogen) atoms. The molecule has 1 heterocycles. The van der Waals surface area contributed by atoms with Crippen LogP contribution in [0.1, 0.15) is 12.5 Å². The van der Waals surface area contributed by atoms with E-state index in [1.54, 1.807) is 13.0 Å². The van der Waals surface area contributed by atoms with Gasteiger partial charge in [0.2, 0.25) is 0 Å². The van der Waals surface area contributed by atoms with E-state index in [1.165, 1.54) is 22.8 Å². The smallest absolute Gasteiger partial charge is 0.269 e. The molecule has 0 unspecified atom stereocenters. The third-order valence-corrected chi connectivity index (χ3v) is 3.40. The fourth-order valence-electron chi connectivity index (χ4n) is 2.21. The number of rotatable bonds is 3. The lowest BCUT2D eigenvalue weighted by Gasteiger charge is -2.16. The summed E-state index contributed by atoms with van der Waals surface area (Å²) in [5.41, 5.74) is -0.525. The number of aromatic nitrogens is 1. The Kier molecular flexibility index (Phi) is 4.74. The predicted octanol–water partition coefficient (Wildman–Crippen LogP) is 4.00. The van der Waals surface area contributed by atoms with Gasteiger partial charge < -0.3 is 4.57 Å². The molecule has 3 nitrogen and oxygen atoms in total. The molecule has 0 saturated carbocycles. The number of allylic oxidation sites excluding steroid dienone is 1. The number of nitriles is 1. The summed E-state index contributed by atoms with van der Waals surface area (Å²) < 4.78 is 29.4. The van der Waals surface area contributed by atoms with Gasteiger partial charge in [-0.25, -0.2) is 8.78 Å². The lowest BCUT2D eigenvalue weighted by Crippen LogP contribution is -2.23. The Morgan fingerprint density at radius 2 is 2.00 bits per heavy atom. The van der Waals surface area contributed by atoms with Gasteiger partial charge in [0.25, 0.3) is 5.56 Å². The fraction of sp³-hybridized carbons (Fsp3) is 0.125. The zero-order valence-electron chi connectivity index (χ0n) is 11.6. The molecule has 1 aromatic heterocycles. The van der Waals surface area contributed by atoms with Gasteiger partial charge in [-0.15, -0.1) is 0 Å². The van der Waals surface area contributed by atoms with Gasteiger partial charge in [0.1, 0.15) is 16.7 Å². The second-order valence-corrected chi connectivity index (χ2v) is 4.81. The van der Waals surface area contributed by atoms with Crippen LogP contribution in [0.25, 0.3) is 17.3 Å². The van der Waals surface area contributed by atoms with Gasteiger partial charge in [0.15, 0.2) is 0 Å². The molecule has 2 aromatic rings. The molecule has 0 amide bonds. The summed E-state index contributed by atoms with van der Waals surface area (Å²) >= 11 is 5.88. The summed E-state index contributed by atoms with van der Waals surface area (Å²) in [7, 11) is 0. The van der Waals surface area contributed by atoms with Crippen LogP contribution in [0.15, 0.2) is 35.1 Å². The van der Waals surface area contributed by atoms with Crippen molar-refractivity contribution in [1.29, 1.82) is 5.26 Å². The molecule has 112 valence electrons. The molecule has 0 saturated heterocycles. The molecule has 0 bridgehead atoms. The van der Waals surface area contributed by atoms with Gasteiger partial charge in [-0.3, -0.25) is 4.79 Å².